The first-order valence-electron chi connectivity index (χ1n) is 5.80. The number of benzene rings is 2. The lowest BCUT2D eigenvalue weighted by molar-refractivity contribution is 1.40. The Morgan fingerprint density at radius 2 is 1.60 bits per heavy atom. The van der Waals surface area contributed by atoms with Gasteiger partial charge in [0, 0.05) is 21.0 Å². The van der Waals surface area contributed by atoms with Crippen molar-refractivity contribution in [2.45, 2.75) is 0 Å². The van der Waals surface area contributed by atoms with Gasteiger partial charge in [0.2, 0.25) is 0 Å². The smallest absolute Gasteiger partial charge is 0.124 e. The van der Waals surface area contributed by atoms with Crippen LogP contribution in [0.15, 0.2) is 52.3 Å². The second-order valence-corrected chi connectivity index (χ2v) is 6.76. The molecular formula is C15H8BrCl2NS. The van der Waals surface area contributed by atoms with Crippen molar-refractivity contribution in [1.29, 1.82) is 0 Å². The van der Waals surface area contributed by atoms with Crippen molar-refractivity contribution >= 4 is 50.5 Å². The molecule has 0 atom stereocenters. The van der Waals surface area contributed by atoms with E-state index in [1.54, 1.807) is 17.4 Å². The number of rotatable bonds is 2. The maximum absolute atomic E-state index is 6.04. The average molecular weight is 385 g/mol. The maximum atomic E-state index is 6.04. The summed E-state index contributed by atoms with van der Waals surface area (Å²) in [5, 5.41) is 4.08. The summed E-state index contributed by atoms with van der Waals surface area (Å²) in [5.74, 6) is 0. The van der Waals surface area contributed by atoms with Gasteiger partial charge in [-0.25, -0.2) is 4.98 Å². The maximum Gasteiger partial charge on any atom is 0.124 e. The van der Waals surface area contributed by atoms with Crippen molar-refractivity contribution in [3.8, 4) is 21.8 Å². The van der Waals surface area contributed by atoms with Crippen LogP contribution < -0.4 is 0 Å². The molecule has 2 aromatic carbocycles. The highest BCUT2D eigenvalue weighted by Crippen LogP contribution is 2.32. The van der Waals surface area contributed by atoms with Crippen LogP contribution in [0.1, 0.15) is 0 Å². The minimum Gasteiger partial charge on any atom is -0.236 e. The Hall–Kier alpha value is -0.870. The van der Waals surface area contributed by atoms with E-state index >= 15 is 0 Å². The van der Waals surface area contributed by atoms with Crippen LogP contribution in [0.25, 0.3) is 21.8 Å². The summed E-state index contributed by atoms with van der Waals surface area (Å²) in [7, 11) is 0. The molecule has 3 rings (SSSR count). The molecule has 0 amide bonds. The van der Waals surface area contributed by atoms with Gasteiger partial charge < -0.3 is 0 Å². The normalized spacial score (nSPS) is 10.8. The third-order valence-corrected chi connectivity index (χ3v) is 4.97. The second-order valence-electron chi connectivity index (χ2n) is 4.17. The number of hydrogen-bond donors (Lipinski definition) is 0. The molecule has 0 saturated heterocycles. The number of halogens is 3. The summed E-state index contributed by atoms with van der Waals surface area (Å²) in [4.78, 5) is 4.65. The molecular weight excluding hydrogens is 377 g/mol. The van der Waals surface area contributed by atoms with Gasteiger partial charge >= 0.3 is 0 Å². The number of hydrogen-bond acceptors (Lipinski definition) is 2. The van der Waals surface area contributed by atoms with Crippen LogP contribution in [0.5, 0.6) is 0 Å². The first-order chi connectivity index (χ1) is 9.63. The Morgan fingerprint density at radius 3 is 2.30 bits per heavy atom. The Balaban J connectivity index is 1.97. The van der Waals surface area contributed by atoms with Crippen LogP contribution in [0.3, 0.4) is 0 Å². The van der Waals surface area contributed by atoms with Gasteiger partial charge in [0.1, 0.15) is 5.01 Å². The number of thiazole rings is 1. The van der Waals surface area contributed by atoms with Gasteiger partial charge in [0.05, 0.1) is 15.7 Å². The summed E-state index contributed by atoms with van der Waals surface area (Å²) in [6.45, 7) is 0. The van der Waals surface area contributed by atoms with E-state index in [0.717, 1.165) is 26.3 Å². The Kier molecular flexibility index (Phi) is 4.13. The average Bonchev–Trinajstić information content (AvgIpc) is 2.92. The Bertz CT molecular complexity index is 753. The molecule has 0 aliphatic heterocycles. The zero-order valence-corrected chi connectivity index (χ0v) is 14.0. The van der Waals surface area contributed by atoms with Crippen LogP contribution in [0.4, 0.5) is 0 Å². The molecule has 0 bridgehead atoms. The van der Waals surface area contributed by atoms with E-state index in [4.69, 9.17) is 23.2 Å². The number of nitrogens with zero attached hydrogens (tertiary/aromatic N) is 1. The Morgan fingerprint density at radius 1 is 0.900 bits per heavy atom. The van der Waals surface area contributed by atoms with Gasteiger partial charge in [0.15, 0.2) is 0 Å². The molecule has 1 heterocycles. The Labute approximate surface area is 139 Å². The highest BCUT2D eigenvalue weighted by atomic mass is 79.9. The van der Waals surface area contributed by atoms with Crippen molar-refractivity contribution in [3.63, 3.8) is 0 Å². The molecule has 3 aromatic rings. The first-order valence-corrected chi connectivity index (χ1v) is 8.23. The fourth-order valence-electron chi connectivity index (χ4n) is 1.79. The molecule has 0 fully saturated rings. The van der Waals surface area contributed by atoms with Gasteiger partial charge in [-0.1, -0.05) is 57.3 Å². The van der Waals surface area contributed by atoms with Crippen molar-refractivity contribution < 1.29 is 0 Å². The van der Waals surface area contributed by atoms with E-state index in [0.29, 0.717) is 10.0 Å². The lowest BCUT2D eigenvalue weighted by atomic mass is 10.2. The molecule has 100 valence electrons. The van der Waals surface area contributed by atoms with Crippen molar-refractivity contribution in [1.82, 2.24) is 4.98 Å². The largest absolute Gasteiger partial charge is 0.236 e. The molecule has 5 heteroatoms. The quantitative estimate of drug-likeness (QED) is 0.488. The van der Waals surface area contributed by atoms with E-state index in [2.05, 4.69) is 20.9 Å². The van der Waals surface area contributed by atoms with E-state index in [1.807, 2.05) is 41.8 Å². The lowest BCUT2D eigenvalue weighted by Crippen LogP contribution is -1.80. The molecule has 0 aliphatic rings. The van der Waals surface area contributed by atoms with Gasteiger partial charge in [-0.15, -0.1) is 11.3 Å². The molecule has 1 aromatic heterocycles. The van der Waals surface area contributed by atoms with Crippen LogP contribution in [0.2, 0.25) is 10.0 Å². The van der Waals surface area contributed by atoms with Crippen LogP contribution in [-0.4, -0.2) is 4.98 Å². The molecule has 0 aliphatic carbocycles. The molecule has 20 heavy (non-hydrogen) atoms. The van der Waals surface area contributed by atoms with E-state index in [1.165, 1.54) is 0 Å². The third kappa shape index (κ3) is 2.91. The minimum atomic E-state index is 0.546. The van der Waals surface area contributed by atoms with Gasteiger partial charge in [-0.3, -0.25) is 0 Å². The van der Waals surface area contributed by atoms with Crippen molar-refractivity contribution in [2.24, 2.45) is 0 Å². The van der Waals surface area contributed by atoms with Crippen LogP contribution >= 0.6 is 50.5 Å². The molecule has 0 N–H and O–H groups in total. The molecule has 0 spiro atoms. The highest BCUT2D eigenvalue weighted by molar-refractivity contribution is 9.10. The second kappa shape index (κ2) is 5.86. The summed E-state index contributed by atoms with van der Waals surface area (Å²) >= 11 is 17.0. The van der Waals surface area contributed by atoms with Gasteiger partial charge in [-0.05, 0) is 24.3 Å². The van der Waals surface area contributed by atoms with Crippen LogP contribution in [-0.2, 0) is 0 Å². The fraction of sp³-hybridized carbons (Fsp3) is 0. The predicted octanol–water partition coefficient (Wildman–Crippen LogP) is 6.55. The van der Waals surface area contributed by atoms with Gasteiger partial charge in [0.25, 0.3) is 0 Å². The summed E-state index contributed by atoms with van der Waals surface area (Å²) in [6.07, 6.45) is 0. The molecule has 0 unspecified atom stereocenters. The van der Waals surface area contributed by atoms with E-state index in [-0.39, 0.29) is 0 Å². The van der Waals surface area contributed by atoms with Crippen molar-refractivity contribution in [3.05, 3.63) is 62.4 Å². The molecule has 1 nitrogen and oxygen atoms in total. The highest BCUT2D eigenvalue weighted by Gasteiger charge is 2.08. The fourth-order valence-corrected chi connectivity index (χ4v) is 3.18. The SMILES string of the molecule is Clc1ccc(-c2nc(-c3ccc(Br)cc3)cs2)cc1Cl. The van der Waals surface area contributed by atoms with Crippen LogP contribution in [0, 0.1) is 0 Å². The third-order valence-electron chi connectivity index (χ3n) is 2.81. The topological polar surface area (TPSA) is 12.9 Å². The zero-order chi connectivity index (χ0) is 14.1. The van der Waals surface area contributed by atoms with E-state index in [9.17, 15) is 0 Å². The number of aromatic nitrogens is 1. The standard InChI is InChI=1S/C15H8BrCl2NS/c16-11-4-1-9(2-5-11)14-8-20-15(19-14)10-3-6-12(17)13(18)7-10/h1-8H. The van der Waals surface area contributed by atoms with Gasteiger partial charge in [-0.2, -0.15) is 0 Å². The monoisotopic (exact) mass is 383 g/mol. The lowest BCUT2D eigenvalue weighted by Gasteiger charge is -1.99. The minimum absolute atomic E-state index is 0.546. The van der Waals surface area contributed by atoms with Crippen molar-refractivity contribution in [2.75, 3.05) is 0 Å². The first kappa shape index (κ1) is 14.1. The summed E-state index contributed by atoms with van der Waals surface area (Å²) in [5.41, 5.74) is 3.03. The zero-order valence-electron chi connectivity index (χ0n) is 10.1. The summed E-state index contributed by atoms with van der Waals surface area (Å²) < 4.78 is 1.06. The summed E-state index contributed by atoms with van der Waals surface area (Å²) in [6, 6.07) is 13.7. The van der Waals surface area contributed by atoms with E-state index < -0.39 is 0 Å². The predicted molar refractivity (Wildman–Crippen MR) is 90.7 cm³/mol. The molecule has 0 saturated carbocycles. The molecule has 0 radical (unpaired) electrons.